The fourth-order valence-electron chi connectivity index (χ4n) is 3.05. The molecule has 2 aliphatic rings. The van der Waals surface area contributed by atoms with Gasteiger partial charge < -0.3 is 4.74 Å². The fraction of sp³-hybridized carbons (Fsp3) is 0.400. The van der Waals surface area contributed by atoms with E-state index in [-0.39, 0.29) is 24.3 Å². The van der Waals surface area contributed by atoms with Crippen LogP contribution < -0.4 is 0 Å². The number of fused-ring (bicyclic) bond motifs is 1. The van der Waals surface area contributed by atoms with Gasteiger partial charge in [0.1, 0.15) is 0 Å². The number of likely N-dealkylation sites (tertiary alicyclic amines) is 1. The minimum atomic E-state index is -0.515. The van der Waals surface area contributed by atoms with Gasteiger partial charge in [-0.25, -0.2) is 0 Å². The second-order valence-electron chi connectivity index (χ2n) is 5.25. The Bertz CT molecular complexity index is 568. The highest BCUT2D eigenvalue weighted by molar-refractivity contribution is 6.08. The van der Waals surface area contributed by atoms with E-state index in [1.54, 1.807) is 0 Å². The largest absolute Gasteiger partial charge is 0.469 e. The minimum absolute atomic E-state index is 0.163. The van der Waals surface area contributed by atoms with Crippen molar-refractivity contribution in [3.05, 3.63) is 35.9 Å². The molecule has 1 aromatic rings. The van der Waals surface area contributed by atoms with Crippen molar-refractivity contribution in [3.63, 3.8) is 0 Å². The predicted molar refractivity (Wildman–Crippen MR) is 69.1 cm³/mol. The number of imide groups is 1. The van der Waals surface area contributed by atoms with E-state index < -0.39 is 17.8 Å². The molecule has 5 nitrogen and oxygen atoms in total. The first kappa shape index (κ1) is 12.8. The van der Waals surface area contributed by atoms with Crippen molar-refractivity contribution in [1.29, 1.82) is 0 Å². The third kappa shape index (κ3) is 1.81. The molecule has 0 radical (unpaired) electrons. The quantitative estimate of drug-likeness (QED) is 0.608. The Hall–Kier alpha value is -2.17. The monoisotopic (exact) mass is 273 g/mol. The molecule has 0 bridgehead atoms. The molecule has 1 aliphatic carbocycles. The standard InChI is InChI=1S/C15H15NO4/c1-20-15(19)11-7-10-12(11)14(18)16(13(10)17)8-9-5-3-2-4-6-9/h2-6,10-12H,7-8H2,1H3/t10-,11-,12-/m1/s1. The molecule has 5 heteroatoms. The van der Waals surface area contributed by atoms with Gasteiger partial charge in [-0.2, -0.15) is 0 Å². The SMILES string of the molecule is COC(=O)[C@@H]1C[C@H]2C(=O)N(Cc3ccccc3)C(=O)[C@@H]12. The van der Waals surface area contributed by atoms with E-state index in [1.807, 2.05) is 30.3 Å². The molecule has 0 aromatic heterocycles. The van der Waals surface area contributed by atoms with Crippen LogP contribution in [0.1, 0.15) is 12.0 Å². The van der Waals surface area contributed by atoms with E-state index in [2.05, 4.69) is 4.74 Å². The van der Waals surface area contributed by atoms with E-state index in [0.29, 0.717) is 6.42 Å². The lowest BCUT2D eigenvalue weighted by molar-refractivity contribution is -0.158. The Morgan fingerprint density at radius 3 is 2.60 bits per heavy atom. The van der Waals surface area contributed by atoms with Crippen LogP contribution in [0.2, 0.25) is 0 Å². The molecule has 3 atom stereocenters. The molecule has 1 heterocycles. The number of methoxy groups -OCH3 is 1. The van der Waals surface area contributed by atoms with Crippen LogP contribution in [-0.2, 0) is 25.7 Å². The zero-order chi connectivity index (χ0) is 14.3. The highest BCUT2D eigenvalue weighted by Crippen LogP contribution is 2.48. The molecular weight excluding hydrogens is 258 g/mol. The van der Waals surface area contributed by atoms with Crippen LogP contribution in [0.15, 0.2) is 30.3 Å². The summed E-state index contributed by atoms with van der Waals surface area (Å²) >= 11 is 0. The molecular formula is C15H15NO4. The molecule has 0 N–H and O–H groups in total. The van der Waals surface area contributed by atoms with Crippen molar-refractivity contribution in [2.24, 2.45) is 17.8 Å². The second-order valence-corrected chi connectivity index (χ2v) is 5.25. The van der Waals surface area contributed by atoms with Crippen molar-refractivity contribution in [2.75, 3.05) is 7.11 Å². The second kappa shape index (κ2) is 4.74. The summed E-state index contributed by atoms with van der Waals surface area (Å²) in [6.07, 6.45) is 0.424. The van der Waals surface area contributed by atoms with Gasteiger partial charge in [0.15, 0.2) is 0 Å². The summed E-state index contributed by atoms with van der Waals surface area (Å²) in [5.41, 5.74) is 0.908. The van der Waals surface area contributed by atoms with Gasteiger partial charge in [0.2, 0.25) is 11.8 Å². The maximum absolute atomic E-state index is 12.3. The Kier molecular flexibility index (Phi) is 3.04. The number of esters is 1. The lowest BCUT2D eigenvalue weighted by Gasteiger charge is -2.33. The molecule has 3 rings (SSSR count). The summed E-state index contributed by atoms with van der Waals surface area (Å²) in [6, 6.07) is 9.36. The third-order valence-electron chi connectivity index (χ3n) is 4.20. The Morgan fingerprint density at radius 2 is 1.95 bits per heavy atom. The maximum Gasteiger partial charge on any atom is 0.309 e. The molecule has 2 amide bonds. The van der Waals surface area contributed by atoms with E-state index in [9.17, 15) is 14.4 Å². The highest BCUT2D eigenvalue weighted by Gasteiger charge is 2.60. The van der Waals surface area contributed by atoms with Crippen LogP contribution >= 0.6 is 0 Å². The summed E-state index contributed by atoms with van der Waals surface area (Å²) in [7, 11) is 1.30. The molecule has 2 fully saturated rings. The molecule has 0 unspecified atom stereocenters. The molecule has 1 aromatic carbocycles. The van der Waals surface area contributed by atoms with Crippen LogP contribution in [0.4, 0.5) is 0 Å². The number of ether oxygens (including phenoxy) is 1. The van der Waals surface area contributed by atoms with Crippen molar-refractivity contribution in [2.45, 2.75) is 13.0 Å². The first-order chi connectivity index (χ1) is 9.63. The molecule has 1 saturated heterocycles. The van der Waals surface area contributed by atoms with Gasteiger partial charge in [0.05, 0.1) is 31.4 Å². The number of hydrogen-bond donors (Lipinski definition) is 0. The first-order valence-electron chi connectivity index (χ1n) is 6.60. The maximum atomic E-state index is 12.3. The van der Waals surface area contributed by atoms with E-state index >= 15 is 0 Å². The Labute approximate surface area is 116 Å². The van der Waals surface area contributed by atoms with Gasteiger partial charge in [-0.05, 0) is 12.0 Å². The summed E-state index contributed by atoms with van der Waals surface area (Å²) in [5.74, 6) is -2.11. The summed E-state index contributed by atoms with van der Waals surface area (Å²) in [5, 5.41) is 0. The zero-order valence-corrected chi connectivity index (χ0v) is 11.1. The van der Waals surface area contributed by atoms with Crippen molar-refractivity contribution in [1.82, 2.24) is 4.90 Å². The molecule has 1 aliphatic heterocycles. The number of carbonyl (C=O) groups excluding carboxylic acids is 3. The summed E-state index contributed by atoms with van der Waals surface area (Å²) < 4.78 is 4.68. The van der Waals surface area contributed by atoms with Crippen LogP contribution in [0, 0.1) is 17.8 Å². The van der Waals surface area contributed by atoms with Gasteiger partial charge in [0, 0.05) is 0 Å². The first-order valence-corrected chi connectivity index (χ1v) is 6.60. The van der Waals surface area contributed by atoms with Crippen LogP contribution in [0.5, 0.6) is 0 Å². The average Bonchev–Trinajstić information content (AvgIpc) is 2.60. The molecule has 1 saturated carbocycles. The minimum Gasteiger partial charge on any atom is -0.469 e. The lowest BCUT2D eigenvalue weighted by atomic mass is 9.66. The van der Waals surface area contributed by atoms with Gasteiger partial charge in [-0.15, -0.1) is 0 Å². The third-order valence-corrected chi connectivity index (χ3v) is 4.20. The number of nitrogens with zero attached hydrogens (tertiary/aromatic N) is 1. The van der Waals surface area contributed by atoms with Gasteiger partial charge in [-0.1, -0.05) is 30.3 Å². The van der Waals surface area contributed by atoms with Crippen molar-refractivity contribution in [3.8, 4) is 0 Å². The van der Waals surface area contributed by atoms with Crippen molar-refractivity contribution >= 4 is 17.8 Å². The van der Waals surface area contributed by atoms with Crippen LogP contribution in [0.3, 0.4) is 0 Å². The normalized spacial score (nSPS) is 28.1. The molecule has 104 valence electrons. The highest BCUT2D eigenvalue weighted by atomic mass is 16.5. The van der Waals surface area contributed by atoms with Crippen LogP contribution in [-0.4, -0.2) is 29.8 Å². The van der Waals surface area contributed by atoms with E-state index in [4.69, 9.17) is 0 Å². The summed E-state index contributed by atoms with van der Waals surface area (Å²) in [6.45, 7) is 0.277. The topological polar surface area (TPSA) is 63.7 Å². The Balaban J connectivity index is 1.77. The van der Waals surface area contributed by atoms with Crippen molar-refractivity contribution < 1.29 is 19.1 Å². The number of carbonyl (C=O) groups is 3. The predicted octanol–water partition coefficient (Wildman–Crippen LogP) is 0.981. The fourth-order valence-corrected chi connectivity index (χ4v) is 3.05. The molecule has 20 heavy (non-hydrogen) atoms. The van der Waals surface area contributed by atoms with Gasteiger partial charge >= 0.3 is 5.97 Å². The van der Waals surface area contributed by atoms with Gasteiger partial charge in [-0.3, -0.25) is 19.3 Å². The average molecular weight is 273 g/mol. The van der Waals surface area contributed by atoms with Gasteiger partial charge in [0.25, 0.3) is 0 Å². The van der Waals surface area contributed by atoms with Crippen LogP contribution in [0.25, 0.3) is 0 Å². The van der Waals surface area contributed by atoms with E-state index in [1.165, 1.54) is 12.0 Å². The number of amides is 2. The smallest absolute Gasteiger partial charge is 0.309 e. The number of rotatable bonds is 3. The molecule has 0 spiro atoms. The Morgan fingerprint density at radius 1 is 1.25 bits per heavy atom. The van der Waals surface area contributed by atoms with E-state index in [0.717, 1.165) is 5.56 Å². The number of benzene rings is 1. The lowest BCUT2D eigenvalue weighted by Crippen LogP contribution is -2.43. The number of hydrogen-bond acceptors (Lipinski definition) is 4. The summed E-state index contributed by atoms with van der Waals surface area (Å²) in [4.78, 5) is 37.3. The zero-order valence-electron chi connectivity index (χ0n) is 11.1.